The maximum Gasteiger partial charge on any atom is 0.139 e. The Morgan fingerprint density at radius 3 is 2.92 bits per heavy atom. The molecule has 3 aromatic rings. The van der Waals surface area contributed by atoms with Crippen LogP contribution in [0.5, 0.6) is 0 Å². The van der Waals surface area contributed by atoms with E-state index in [-0.39, 0.29) is 0 Å². The molecule has 0 unspecified atom stereocenters. The summed E-state index contributed by atoms with van der Waals surface area (Å²) in [6, 6.07) is 2.14. The summed E-state index contributed by atoms with van der Waals surface area (Å²) in [4.78, 5) is 18.6. The molecule has 5 heterocycles. The molecule has 0 amide bonds. The van der Waals surface area contributed by atoms with Gasteiger partial charge in [-0.2, -0.15) is 0 Å². The van der Waals surface area contributed by atoms with E-state index < -0.39 is 0 Å². The molecule has 24 heavy (non-hydrogen) atoms. The molecule has 0 aliphatic carbocycles. The van der Waals surface area contributed by atoms with E-state index in [4.69, 9.17) is 0 Å². The molecular formula is C18H20N6. The molecule has 2 aliphatic rings. The zero-order valence-corrected chi connectivity index (χ0v) is 13.5. The van der Waals surface area contributed by atoms with E-state index in [0.29, 0.717) is 5.54 Å². The largest absolute Gasteiger partial charge is 0.369 e. The summed E-state index contributed by atoms with van der Waals surface area (Å²) in [6.45, 7) is 3.31. The van der Waals surface area contributed by atoms with E-state index in [1.165, 1.54) is 30.3 Å². The Morgan fingerprint density at radius 1 is 1.17 bits per heavy atom. The lowest BCUT2D eigenvalue weighted by atomic mass is 9.97. The second kappa shape index (κ2) is 5.27. The summed E-state index contributed by atoms with van der Waals surface area (Å²) in [5, 5.41) is 4.90. The minimum Gasteiger partial charge on any atom is -0.369 e. The number of nitrogens with zero attached hydrogens (tertiary/aromatic N) is 4. The second-order valence-electron chi connectivity index (χ2n) is 6.87. The van der Waals surface area contributed by atoms with Crippen molar-refractivity contribution in [1.82, 2.24) is 25.3 Å². The number of anilines is 1. The summed E-state index contributed by atoms with van der Waals surface area (Å²) < 4.78 is 0. The Bertz CT molecular complexity index is 866. The highest BCUT2D eigenvalue weighted by Gasteiger charge is 2.40. The third kappa shape index (κ3) is 2.10. The van der Waals surface area contributed by atoms with Crippen molar-refractivity contribution in [3.63, 3.8) is 0 Å². The summed E-state index contributed by atoms with van der Waals surface area (Å²) >= 11 is 0. The average Bonchev–Trinajstić information content (AvgIpc) is 3.36. The van der Waals surface area contributed by atoms with Gasteiger partial charge in [0.05, 0.1) is 5.39 Å². The molecule has 1 spiro atoms. The standard InChI is InChI=1S/C18H20N6/c1-3-18(23-5-1)4-7-24(11-18)15-2-6-21-17-16(15)14(10-22-17)13-8-19-12-20-9-13/h2,6,8-10,12,23H,1,3-5,7,11H2,(H,21,22)/t18-/m0/s1. The molecule has 0 aromatic carbocycles. The third-order valence-corrected chi connectivity index (χ3v) is 5.45. The van der Waals surface area contributed by atoms with Crippen molar-refractivity contribution >= 4 is 16.7 Å². The molecule has 2 N–H and O–H groups in total. The number of hydrogen-bond acceptors (Lipinski definition) is 5. The van der Waals surface area contributed by atoms with Crippen molar-refractivity contribution in [1.29, 1.82) is 0 Å². The van der Waals surface area contributed by atoms with Crippen molar-refractivity contribution in [2.24, 2.45) is 0 Å². The van der Waals surface area contributed by atoms with Crippen LogP contribution in [0.3, 0.4) is 0 Å². The number of rotatable bonds is 2. The Labute approximate surface area is 140 Å². The van der Waals surface area contributed by atoms with Gasteiger partial charge >= 0.3 is 0 Å². The van der Waals surface area contributed by atoms with E-state index in [2.05, 4.69) is 36.2 Å². The van der Waals surface area contributed by atoms with Gasteiger partial charge in [-0.15, -0.1) is 0 Å². The highest BCUT2D eigenvalue weighted by molar-refractivity contribution is 6.02. The maximum absolute atomic E-state index is 4.51. The molecule has 1 atom stereocenters. The van der Waals surface area contributed by atoms with Gasteiger partial charge in [0.1, 0.15) is 12.0 Å². The highest BCUT2D eigenvalue weighted by Crippen LogP contribution is 2.39. The minimum absolute atomic E-state index is 0.307. The first-order valence-corrected chi connectivity index (χ1v) is 8.56. The number of pyridine rings is 1. The van der Waals surface area contributed by atoms with Crippen molar-refractivity contribution in [3.05, 3.63) is 37.2 Å². The van der Waals surface area contributed by atoms with Gasteiger partial charge in [-0.25, -0.2) is 15.0 Å². The lowest BCUT2D eigenvalue weighted by Crippen LogP contribution is -2.42. The van der Waals surface area contributed by atoms with Gasteiger partial charge in [-0.1, -0.05) is 0 Å². The molecule has 2 saturated heterocycles. The maximum atomic E-state index is 4.51. The fourth-order valence-corrected chi connectivity index (χ4v) is 4.26. The van der Waals surface area contributed by atoms with Crippen LogP contribution in [0.1, 0.15) is 19.3 Å². The molecular weight excluding hydrogens is 300 g/mol. The number of H-pyrrole nitrogens is 1. The fourth-order valence-electron chi connectivity index (χ4n) is 4.26. The molecule has 2 aliphatic heterocycles. The first-order chi connectivity index (χ1) is 11.8. The van der Waals surface area contributed by atoms with Crippen LogP contribution in [0.25, 0.3) is 22.2 Å². The quantitative estimate of drug-likeness (QED) is 0.758. The van der Waals surface area contributed by atoms with E-state index in [0.717, 1.165) is 36.4 Å². The Kier molecular flexibility index (Phi) is 3.06. The Morgan fingerprint density at radius 2 is 2.08 bits per heavy atom. The Balaban J connectivity index is 1.60. The monoisotopic (exact) mass is 320 g/mol. The van der Waals surface area contributed by atoms with Crippen LogP contribution in [-0.2, 0) is 0 Å². The minimum atomic E-state index is 0.307. The van der Waals surface area contributed by atoms with Crippen LogP contribution in [0, 0.1) is 0 Å². The van der Waals surface area contributed by atoms with E-state index in [1.54, 1.807) is 6.33 Å². The predicted molar refractivity (Wildman–Crippen MR) is 93.9 cm³/mol. The topological polar surface area (TPSA) is 69.7 Å². The van der Waals surface area contributed by atoms with Gasteiger partial charge < -0.3 is 15.2 Å². The van der Waals surface area contributed by atoms with Crippen LogP contribution in [0.2, 0.25) is 0 Å². The van der Waals surface area contributed by atoms with Crippen LogP contribution >= 0.6 is 0 Å². The molecule has 0 saturated carbocycles. The summed E-state index contributed by atoms with van der Waals surface area (Å²) in [5.41, 5.74) is 4.62. The highest BCUT2D eigenvalue weighted by atomic mass is 15.2. The molecule has 0 bridgehead atoms. The van der Waals surface area contributed by atoms with E-state index in [1.807, 2.05) is 24.8 Å². The smallest absolute Gasteiger partial charge is 0.139 e. The van der Waals surface area contributed by atoms with Gasteiger partial charge in [-0.05, 0) is 31.9 Å². The van der Waals surface area contributed by atoms with Gasteiger partial charge in [0.15, 0.2) is 0 Å². The van der Waals surface area contributed by atoms with Crippen LogP contribution in [0.15, 0.2) is 37.2 Å². The third-order valence-electron chi connectivity index (χ3n) is 5.45. The number of fused-ring (bicyclic) bond motifs is 1. The molecule has 2 fully saturated rings. The number of aromatic amines is 1. The number of nitrogens with one attached hydrogen (secondary N) is 2. The lowest BCUT2D eigenvalue weighted by molar-refractivity contribution is 0.419. The normalized spacial score (nSPS) is 23.6. The SMILES string of the molecule is c1ncc(-c2c[nH]c3nccc(N4CC[C@@]5(CCCN5)C4)c23)cn1. The van der Waals surface area contributed by atoms with Gasteiger partial charge in [0.25, 0.3) is 0 Å². The van der Waals surface area contributed by atoms with Crippen molar-refractivity contribution in [2.75, 3.05) is 24.5 Å². The first-order valence-electron chi connectivity index (χ1n) is 8.56. The van der Waals surface area contributed by atoms with Gasteiger partial charge in [-0.3, -0.25) is 0 Å². The van der Waals surface area contributed by atoms with Crippen molar-refractivity contribution in [3.8, 4) is 11.1 Å². The zero-order valence-electron chi connectivity index (χ0n) is 13.5. The van der Waals surface area contributed by atoms with Crippen LogP contribution in [-0.4, -0.2) is 45.1 Å². The molecule has 122 valence electrons. The summed E-state index contributed by atoms with van der Waals surface area (Å²) in [7, 11) is 0. The number of aromatic nitrogens is 4. The van der Waals surface area contributed by atoms with Crippen LogP contribution < -0.4 is 10.2 Å². The van der Waals surface area contributed by atoms with Gasteiger partial charge in [0.2, 0.25) is 0 Å². The average molecular weight is 320 g/mol. The van der Waals surface area contributed by atoms with Crippen LogP contribution in [0.4, 0.5) is 5.69 Å². The molecule has 5 rings (SSSR count). The number of hydrogen-bond donors (Lipinski definition) is 2. The molecule has 3 aromatic heterocycles. The zero-order chi connectivity index (χ0) is 16.0. The van der Waals surface area contributed by atoms with Crippen molar-refractivity contribution in [2.45, 2.75) is 24.8 Å². The van der Waals surface area contributed by atoms with E-state index >= 15 is 0 Å². The van der Waals surface area contributed by atoms with E-state index in [9.17, 15) is 0 Å². The van der Waals surface area contributed by atoms with Gasteiger partial charge in [0, 0.05) is 60.2 Å². The molecule has 6 heteroatoms. The predicted octanol–water partition coefficient (Wildman–Crippen LogP) is 2.35. The lowest BCUT2D eigenvalue weighted by Gasteiger charge is -2.26. The second-order valence-corrected chi connectivity index (χ2v) is 6.87. The summed E-state index contributed by atoms with van der Waals surface area (Å²) in [6.07, 6.45) is 13.0. The first kappa shape index (κ1) is 13.9. The molecule has 0 radical (unpaired) electrons. The fraction of sp³-hybridized carbons (Fsp3) is 0.389. The molecule has 6 nitrogen and oxygen atoms in total. The summed E-state index contributed by atoms with van der Waals surface area (Å²) in [5.74, 6) is 0. The Hall–Kier alpha value is -2.47. The van der Waals surface area contributed by atoms with Crippen molar-refractivity contribution < 1.29 is 0 Å².